The second-order valence-electron chi connectivity index (χ2n) is 7.06. The van der Waals surface area contributed by atoms with Crippen LogP contribution in [0.5, 0.6) is 0 Å². The van der Waals surface area contributed by atoms with Gasteiger partial charge in [0, 0.05) is 18.2 Å². The minimum atomic E-state index is -4.48. The largest absolute Gasteiger partial charge is 0.416 e. The van der Waals surface area contributed by atoms with Crippen LogP contribution in [0.1, 0.15) is 47.1 Å². The van der Waals surface area contributed by atoms with Crippen LogP contribution in [0.4, 0.5) is 13.2 Å². The van der Waals surface area contributed by atoms with E-state index >= 15 is 0 Å². The molecule has 0 unspecified atom stereocenters. The van der Waals surface area contributed by atoms with Gasteiger partial charge >= 0.3 is 6.18 Å². The van der Waals surface area contributed by atoms with E-state index in [1.54, 1.807) is 51.1 Å². The summed E-state index contributed by atoms with van der Waals surface area (Å²) in [6.07, 6.45) is -4.48. The Kier molecular flexibility index (Phi) is 5.63. The summed E-state index contributed by atoms with van der Waals surface area (Å²) in [5.41, 5.74) is -1.16. The predicted molar refractivity (Wildman–Crippen MR) is 95.9 cm³/mol. The van der Waals surface area contributed by atoms with Gasteiger partial charge in [-0.2, -0.15) is 13.2 Å². The lowest BCUT2D eigenvalue weighted by Crippen LogP contribution is -2.56. The van der Waals surface area contributed by atoms with Crippen LogP contribution in [-0.4, -0.2) is 34.4 Å². The number of hydrogen-bond acceptors (Lipinski definition) is 2. The van der Waals surface area contributed by atoms with Crippen LogP contribution in [0.3, 0.4) is 0 Å². The average molecular weight is 378 g/mol. The Morgan fingerprint density at radius 1 is 0.778 bits per heavy atom. The smallest absolute Gasteiger partial charge is 0.267 e. The highest BCUT2D eigenvalue weighted by molar-refractivity contribution is 5.99. The van der Waals surface area contributed by atoms with E-state index in [1.165, 1.54) is 17.1 Å². The molecular formula is C20H21F3N2O2. The van der Waals surface area contributed by atoms with E-state index in [2.05, 4.69) is 0 Å². The third kappa shape index (κ3) is 4.67. The van der Waals surface area contributed by atoms with Crippen LogP contribution >= 0.6 is 0 Å². The van der Waals surface area contributed by atoms with Crippen molar-refractivity contribution in [3.05, 3.63) is 71.3 Å². The highest BCUT2D eigenvalue weighted by Gasteiger charge is 2.35. The van der Waals surface area contributed by atoms with Gasteiger partial charge in [-0.3, -0.25) is 9.59 Å². The molecule has 7 heteroatoms. The number of halogens is 3. The predicted octanol–water partition coefficient (Wildman–Crippen LogP) is 4.63. The quantitative estimate of drug-likeness (QED) is 0.715. The van der Waals surface area contributed by atoms with Crippen molar-refractivity contribution >= 4 is 11.8 Å². The first-order valence-corrected chi connectivity index (χ1v) is 8.28. The molecule has 0 bridgehead atoms. The van der Waals surface area contributed by atoms with Gasteiger partial charge in [-0.1, -0.05) is 18.2 Å². The molecule has 2 aromatic carbocycles. The molecule has 0 N–H and O–H groups in total. The minimum Gasteiger partial charge on any atom is -0.267 e. The number of benzene rings is 2. The topological polar surface area (TPSA) is 40.6 Å². The van der Waals surface area contributed by atoms with Gasteiger partial charge in [-0.15, -0.1) is 0 Å². The zero-order chi connectivity index (χ0) is 20.4. The number of alkyl halides is 3. The maximum atomic E-state index is 13.0. The summed E-state index contributed by atoms with van der Waals surface area (Å²) in [5.74, 6) is -0.964. The van der Waals surface area contributed by atoms with Crippen molar-refractivity contribution in [3.63, 3.8) is 0 Å². The number of carbonyl (C=O) groups excluding carboxylic acids is 2. The molecule has 0 spiro atoms. The van der Waals surface area contributed by atoms with E-state index < -0.39 is 29.1 Å². The molecule has 144 valence electrons. The SMILES string of the molecule is CN(C(=O)c1ccccc1)N(C(=O)c1ccc(C(F)(F)F)cc1)C(C)(C)C. The first-order valence-electron chi connectivity index (χ1n) is 8.28. The molecule has 0 aromatic heterocycles. The lowest BCUT2D eigenvalue weighted by Gasteiger charge is -2.41. The van der Waals surface area contributed by atoms with Gasteiger partial charge in [0.2, 0.25) is 0 Å². The number of hydrogen-bond donors (Lipinski definition) is 0. The van der Waals surface area contributed by atoms with Crippen molar-refractivity contribution in [3.8, 4) is 0 Å². The van der Waals surface area contributed by atoms with Crippen LogP contribution in [0, 0.1) is 0 Å². The zero-order valence-corrected chi connectivity index (χ0v) is 15.5. The molecule has 27 heavy (non-hydrogen) atoms. The first kappa shape index (κ1) is 20.5. The first-order chi connectivity index (χ1) is 12.4. The number of amides is 2. The Balaban J connectivity index is 2.36. The van der Waals surface area contributed by atoms with E-state index in [1.807, 2.05) is 0 Å². The normalized spacial score (nSPS) is 11.8. The van der Waals surface area contributed by atoms with E-state index in [0.29, 0.717) is 5.56 Å². The fourth-order valence-electron chi connectivity index (χ4n) is 2.67. The summed E-state index contributed by atoms with van der Waals surface area (Å²) in [6.45, 7) is 5.22. The van der Waals surface area contributed by atoms with Crippen molar-refractivity contribution in [2.45, 2.75) is 32.5 Å². The summed E-state index contributed by atoms with van der Waals surface area (Å²) < 4.78 is 38.2. The summed E-state index contributed by atoms with van der Waals surface area (Å²) >= 11 is 0. The fourth-order valence-corrected chi connectivity index (χ4v) is 2.67. The van der Waals surface area contributed by atoms with Crippen LogP contribution < -0.4 is 0 Å². The van der Waals surface area contributed by atoms with E-state index in [9.17, 15) is 22.8 Å². The Morgan fingerprint density at radius 3 is 1.70 bits per heavy atom. The van der Waals surface area contributed by atoms with Crippen LogP contribution in [0.15, 0.2) is 54.6 Å². The molecule has 0 saturated heterocycles. The Bertz CT molecular complexity index is 810. The Morgan fingerprint density at radius 2 is 1.26 bits per heavy atom. The molecule has 2 aromatic rings. The molecule has 4 nitrogen and oxygen atoms in total. The second kappa shape index (κ2) is 7.42. The molecule has 0 aliphatic heterocycles. The van der Waals surface area contributed by atoms with Crippen molar-refractivity contribution in [1.29, 1.82) is 0 Å². The third-order valence-corrected chi connectivity index (χ3v) is 3.90. The van der Waals surface area contributed by atoms with Gasteiger partial charge < -0.3 is 0 Å². The maximum Gasteiger partial charge on any atom is 0.416 e. The van der Waals surface area contributed by atoms with Crippen molar-refractivity contribution < 1.29 is 22.8 Å². The molecule has 0 fully saturated rings. The molecule has 0 aliphatic carbocycles. The summed E-state index contributed by atoms with van der Waals surface area (Å²) in [5, 5.41) is 2.43. The summed E-state index contributed by atoms with van der Waals surface area (Å²) in [6, 6.07) is 12.4. The van der Waals surface area contributed by atoms with E-state index in [0.717, 1.165) is 24.3 Å². The number of hydrazine groups is 1. The Labute approximate surface area is 156 Å². The van der Waals surface area contributed by atoms with E-state index in [4.69, 9.17) is 0 Å². The molecule has 0 atom stereocenters. The second-order valence-corrected chi connectivity index (χ2v) is 7.06. The van der Waals surface area contributed by atoms with Crippen LogP contribution in [0.2, 0.25) is 0 Å². The molecular weight excluding hydrogens is 357 g/mol. The van der Waals surface area contributed by atoms with Gasteiger partial charge in [0.1, 0.15) is 0 Å². The van der Waals surface area contributed by atoms with Crippen LogP contribution in [0.25, 0.3) is 0 Å². The minimum absolute atomic E-state index is 0.0608. The monoisotopic (exact) mass is 378 g/mol. The summed E-state index contributed by atoms with van der Waals surface area (Å²) in [4.78, 5) is 25.7. The fraction of sp³-hybridized carbons (Fsp3) is 0.300. The number of nitrogens with zero attached hydrogens (tertiary/aromatic N) is 2. The van der Waals surface area contributed by atoms with Gasteiger partial charge in [0.05, 0.1) is 11.1 Å². The highest BCUT2D eigenvalue weighted by Crippen LogP contribution is 2.30. The van der Waals surface area contributed by atoms with Crippen LogP contribution in [-0.2, 0) is 6.18 Å². The summed E-state index contributed by atoms with van der Waals surface area (Å²) in [7, 11) is 1.46. The molecule has 2 rings (SSSR count). The van der Waals surface area contributed by atoms with Gasteiger partial charge in [0.15, 0.2) is 0 Å². The van der Waals surface area contributed by atoms with Gasteiger partial charge in [-0.25, -0.2) is 10.0 Å². The van der Waals surface area contributed by atoms with Gasteiger partial charge in [-0.05, 0) is 57.2 Å². The van der Waals surface area contributed by atoms with Crippen molar-refractivity contribution in [2.24, 2.45) is 0 Å². The zero-order valence-electron chi connectivity index (χ0n) is 15.5. The highest BCUT2D eigenvalue weighted by atomic mass is 19.4. The number of rotatable bonds is 2. The lowest BCUT2D eigenvalue weighted by atomic mass is 10.0. The maximum absolute atomic E-state index is 13.0. The van der Waals surface area contributed by atoms with Crippen molar-refractivity contribution in [1.82, 2.24) is 10.0 Å². The number of carbonyl (C=O) groups is 2. The molecule has 0 saturated carbocycles. The molecule has 2 amide bonds. The molecule has 0 heterocycles. The van der Waals surface area contributed by atoms with Gasteiger partial charge in [0.25, 0.3) is 11.8 Å². The van der Waals surface area contributed by atoms with Crippen molar-refractivity contribution in [2.75, 3.05) is 7.05 Å². The van der Waals surface area contributed by atoms with E-state index in [-0.39, 0.29) is 5.56 Å². The lowest BCUT2D eigenvalue weighted by molar-refractivity contribution is -0.137. The Hall–Kier alpha value is -2.83. The third-order valence-electron chi connectivity index (χ3n) is 3.90. The standard InChI is InChI=1S/C20H21F3N2O2/c1-19(2,3)25(24(4)17(26)14-8-6-5-7-9-14)18(27)15-10-12-16(13-11-15)20(21,22)23/h5-13H,1-4H3. The average Bonchev–Trinajstić information content (AvgIpc) is 2.60. The molecule has 0 radical (unpaired) electrons. The molecule has 0 aliphatic rings.